The normalized spacial score (nSPS) is 37.3. The summed E-state index contributed by atoms with van der Waals surface area (Å²) in [5.74, 6) is 2.41. The van der Waals surface area contributed by atoms with Crippen LogP contribution in [0.3, 0.4) is 0 Å². The molecule has 0 unspecified atom stereocenters. The van der Waals surface area contributed by atoms with Crippen LogP contribution in [-0.4, -0.2) is 64.9 Å². The van der Waals surface area contributed by atoms with Crippen LogP contribution in [0.2, 0.25) is 0 Å². The maximum atomic E-state index is 13.5. The molecule has 150 valence electrons. The first kappa shape index (κ1) is 17.1. The molecular formula is C22H28N2O4. The number of carbonyl (C=O) groups is 1. The van der Waals surface area contributed by atoms with Gasteiger partial charge in [0.1, 0.15) is 5.60 Å². The molecular weight excluding hydrogens is 356 g/mol. The number of aliphatic hydroxyl groups is 1. The molecule has 2 bridgehead atoms. The van der Waals surface area contributed by atoms with Gasteiger partial charge >= 0.3 is 0 Å². The zero-order chi connectivity index (χ0) is 18.9. The van der Waals surface area contributed by atoms with Crippen molar-refractivity contribution in [3.05, 3.63) is 23.8 Å². The molecule has 6 nitrogen and oxygen atoms in total. The average molecular weight is 384 g/mol. The van der Waals surface area contributed by atoms with E-state index in [4.69, 9.17) is 9.47 Å². The summed E-state index contributed by atoms with van der Waals surface area (Å²) in [6.07, 6.45) is 5.46. The highest BCUT2D eigenvalue weighted by Gasteiger charge is 2.57. The van der Waals surface area contributed by atoms with Crippen molar-refractivity contribution in [1.29, 1.82) is 0 Å². The van der Waals surface area contributed by atoms with E-state index in [2.05, 4.69) is 21.9 Å². The van der Waals surface area contributed by atoms with Crippen LogP contribution >= 0.6 is 0 Å². The molecule has 7 rings (SSSR count). The number of benzene rings is 1. The van der Waals surface area contributed by atoms with Crippen molar-refractivity contribution in [2.45, 2.75) is 62.1 Å². The molecule has 1 saturated carbocycles. The third kappa shape index (κ3) is 2.37. The summed E-state index contributed by atoms with van der Waals surface area (Å²) in [6, 6.07) is 6.82. The van der Waals surface area contributed by atoms with Gasteiger partial charge in [-0.15, -0.1) is 0 Å². The van der Waals surface area contributed by atoms with Gasteiger partial charge in [0, 0.05) is 18.5 Å². The minimum Gasteiger partial charge on any atom is -0.454 e. The van der Waals surface area contributed by atoms with Gasteiger partial charge < -0.3 is 19.5 Å². The summed E-state index contributed by atoms with van der Waals surface area (Å²) < 4.78 is 11.1. The molecule has 5 aliphatic heterocycles. The highest BCUT2D eigenvalue weighted by Crippen LogP contribution is 2.49. The molecule has 1 aliphatic carbocycles. The number of carbonyl (C=O) groups excluding carboxylic acids is 1. The van der Waals surface area contributed by atoms with E-state index in [1.54, 1.807) is 0 Å². The van der Waals surface area contributed by atoms with Crippen LogP contribution in [0.4, 0.5) is 0 Å². The monoisotopic (exact) mass is 384 g/mol. The van der Waals surface area contributed by atoms with Gasteiger partial charge in [0.25, 0.3) is 5.91 Å². The van der Waals surface area contributed by atoms with Crippen molar-refractivity contribution in [1.82, 2.24) is 9.80 Å². The summed E-state index contributed by atoms with van der Waals surface area (Å²) >= 11 is 0. The summed E-state index contributed by atoms with van der Waals surface area (Å²) in [4.78, 5) is 18.1. The van der Waals surface area contributed by atoms with Gasteiger partial charge in [0.15, 0.2) is 11.5 Å². The first-order chi connectivity index (χ1) is 13.6. The lowest BCUT2D eigenvalue weighted by atomic mass is 9.75. The van der Waals surface area contributed by atoms with Gasteiger partial charge in [-0.25, -0.2) is 0 Å². The third-order valence-electron chi connectivity index (χ3n) is 7.91. The van der Waals surface area contributed by atoms with Crippen LogP contribution < -0.4 is 9.47 Å². The molecule has 1 amide bonds. The van der Waals surface area contributed by atoms with Crippen molar-refractivity contribution < 1.29 is 19.4 Å². The quantitative estimate of drug-likeness (QED) is 0.846. The summed E-state index contributed by atoms with van der Waals surface area (Å²) in [5.41, 5.74) is 0.0842. The number of piperidine rings is 3. The number of hydrogen-bond donors (Lipinski definition) is 1. The Morgan fingerprint density at radius 3 is 2.61 bits per heavy atom. The lowest BCUT2D eigenvalue weighted by Gasteiger charge is -2.51. The topological polar surface area (TPSA) is 62.2 Å². The Labute approximate surface area is 165 Å². The highest BCUT2D eigenvalue weighted by atomic mass is 16.7. The molecule has 6 aliphatic rings. The van der Waals surface area contributed by atoms with Crippen molar-refractivity contribution in [2.24, 2.45) is 5.92 Å². The molecule has 1 aromatic rings. The van der Waals surface area contributed by atoms with E-state index in [9.17, 15) is 9.90 Å². The predicted molar refractivity (Wildman–Crippen MR) is 102 cm³/mol. The zero-order valence-electron chi connectivity index (χ0n) is 16.2. The second-order valence-corrected chi connectivity index (χ2v) is 9.27. The summed E-state index contributed by atoms with van der Waals surface area (Å²) in [5, 5.41) is 11.0. The summed E-state index contributed by atoms with van der Waals surface area (Å²) in [7, 11) is 0. The first-order valence-corrected chi connectivity index (χ1v) is 10.8. The van der Waals surface area contributed by atoms with Crippen LogP contribution in [0.25, 0.3) is 0 Å². The van der Waals surface area contributed by atoms with E-state index in [0.717, 1.165) is 50.3 Å². The van der Waals surface area contributed by atoms with E-state index in [-0.39, 0.29) is 24.7 Å². The van der Waals surface area contributed by atoms with Crippen molar-refractivity contribution in [3.8, 4) is 11.5 Å². The third-order valence-corrected chi connectivity index (χ3v) is 7.91. The van der Waals surface area contributed by atoms with Gasteiger partial charge in [0.05, 0.1) is 6.04 Å². The SMILES string of the molecule is O=C(N1C[C@H](c2ccc3c(c2)OCO3)[C@H]2[C@@H]1C1CCN2CC1)C1(O)CCCC1. The molecule has 28 heavy (non-hydrogen) atoms. The van der Waals surface area contributed by atoms with Crippen molar-refractivity contribution in [2.75, 3.05) is 26.4 Å². The van der Waals surface area contributed by atoms with Gasteiger partial charge in [-0.2, -0.15) is 0 Å². The van der Waals surface area contributed by atoms with E-state index in [0.29, 0.717) is 31.3 Å². The fourth-order valence-corrected chi connectivity index (χ4v) is 6.53. The second-order valence-electron chi connectivity index (χ2n) is 9.27. The number of ether oxygens (including phenoxy) is 2. The Bertz CT molecular complexity index is 798. The van der Waals surface area contributed by atoms with E-state index >= 15 is 0 Å². The average Bonchev–Trinajstić information content (AvgIpc) is 3.46. The predicted octanol–water partition coefficient (Wildman–Crippen LogP) is 2.11. The Morgan fingerprint density at radius 2 is 1.82 bits per heavy atom. The van der Waals surface area contributed by atoms with Gasteiger partial charge in [-0.1, -0.05) is 6.07 Å². The molecule has 6 heteroatoms. The number of likely N-dealkylation sites (tertiary alicyclic amines) is 1. The number of nitrogens with zero attached hydrogens (tertiary/aromatic N) is 2. The van der Waals surface area contributed by atoms with Gasteiger partial charge in [-0.3, -0.25) is 9.69 Å². The van der Waals surface area contributed by atoms with Crippen LogP contribution in [-0.2, 0) is 4.79 Å². The number of amides is 1. The number of fused-ring (bicyclic) bond motifs is 3. The lowest BCUT2D eigenvalue weighted by molar-refractivity contribution is -0.155. The minimum absolute atomic E-state index is 0.0167. The molecule has 3 atom stereocenters. The fourth-order valence-electron chi connectivity index (χ4n) is 6.53. The maximum Gasteiger partial charge on any atom is 0.254 e. The molecule has 0 spiro atoms. The molecule has 0 aromatic heterocycles. The van der Waals surface area contributed by atoms with Crippen molar-refractivity contribution in [3.63, 3.8) is 0 Å². The van der Waals surface area contributed by atoms with Crippen LogP contribution in [0.15, 0.2) is 18.2 Å². The first-order valence-electron chi connectivity index (χ1n) is 10.8. The molecule has 5 fully saturated rings. The van der Waals surface area contributed by atoms with Crippen LogP contribution in [0.1, 0.15) is 50.0 Å². The van der Waals surface area contributed by atoms with Gasteiger partial charge in [-0.05, 0) is 75.2 Å². The second kappa shape index (κ2) is 6.10. The molecule has 0 radical (unpaired) electrons. The molecule has 1 aromatic carbocycles. The molecule has 4 saturated heterocycles. The fraction of sp³-hybridized carbons (Fsp3) is 0.682. The van der Waals surface area contributed by atoms with Crippen LogP contribution in [0.5, 0.6) is 11.5 Å². The Morgan fingerprint density at radius 1 is 1.07 bits per heavy atom. The van der Waals surface area contributed by atoms with Crippen LogP contribution in [0, 0.1) is 5.92 Å². The van der Waals surface area contributed by atoms with E-state index < -0.39 is 5.60 Å². The summed E-state index contributed by atoms with van der Waals surface area (Å²) in [6.45, 7) is 3.23. The van der Waals surface area contributed by atoms with E-state index in [1.807, 2.05) is 6.07 Å². The molecule has 5 heterocycles. The Balaban J connectivity index is 1.37. The van der Waals surface area contributed by atoms with Gasteiger partial charge in [0.2, 0.25) is 6.79 Å². The van der Waals surface area contributed by atoms with Crippen molar-refractivity contribution >= 4 is 5.91 Å². The maximum absolute atomic E-state index is 13.5. The molecule has 1 N–H and O–H groups in total. The largest absolute Gasteiger partial charge is 0.454 e. The smallest absolute Gasteiger partial charge is 0.254 e. The standard InChI is InChI=1S/C22H28N2O4/c25-21(22(26)7-1-2-8-22)24-12-16(15-3-4-17-18(11-15)28-13-27-17)20-19(24)14-5-9-23(20)10-6-14/h3-4,11,14,16,19-20,26H,1-2,5-10,12-13H2/t16-,19+,20+/m1/s1. The zero-order valence-corrected chi connectivity index (χ0v) is 16.2. The Kier molecular flexibility index (Phi) is 3.73. The highest BCUT2D eigenvalue weighted by molar-refractivity contribution is 5.86. The Hall–Kier alpha value is -1.79. The number of hydrogen-bond acceptors (Lipinski definition) is 5. The minimum atomic E-state index is -1.14. The van der Waals surface area contributed by atoms with E-state index in [1.165, 1.54) is 5.56 Å². The lowest BCUT2D eigenvalue weighted by Crippen LogP contribution is -2.62. The number of rotatable bonds is 2.